The molecule has 0 spiro atoms. The van der Waals surface area contributed by atoms with Gasteiger partial charge in [0.05, 0.1) is 5.69 Å². The summed E-state index contributed by atoms with van der Waals surface area (Å²) >= 11 is 5.91. The van der Waals surface area contributed by atoms with Gasteiger partial charge in [0, 0.05) is 17.1 Å². The van der Waals surface area contributed by atoms with Gasteiger partial charge in [-0.05, 0) is 54.8 Å². The van der Waals surface area contributed by atoms with Crippen LogP contribution >= 0.6 is 11.6 Å². The van der Waals surface area contributed by atoms with E-state index in [-0.39, 0.29) is 5.91 Å². The first-order chi connectivity index (χ1) is 11.4. The summed E-state index contributed by atoms with van der Waals surface area (Å²) in [6.45, 7) is 5.99. The van der Waals surface area contributed by atoms with Crippen molar-refractivity contribution >= 4 is 34.2 Å². The zero-order valence-electron chi connectivity index (χ0n) is 13.9. The Hall–Kier alpha value is -2.40. The summed E-state index contributed by atoms with van der Waals surface area (Å²) in [6.07, 6.45) is 0.495. The van der Waals surface area contributed by atoms with E-state index >= 15 is 0 Å². The number of carbonyl (C=O) groups is 1. The lowest BCUT2D eigenvalue weighted by molar-refractivity contribution is -0.116. The van der Waals surface area contributed by atoms with Crippen LogP contribution in [0.5, 0.6) is 0 Å². The molecular weight excluding hydrogens is 324 g/mol. The van der Waals surface area contributed by atoms with Gasteiger partial charge in [0.2, 0.25) is 5.91 Å². The van der Waals surface area contributed by atoms with E-state index in [4.69, 9.17) is 11.6 Å². The molecule has 0 saturated heterocycles. The molecule has 0 unspecified atom stereocenters. The maximum absolute atomic E-state index is 12.0. The highest BCUT2D eigenvalue weighted by atomic mass is 35.5. The SMILES string of the molecule is Cc1cc2nn(-c3ccc(Cl)cc3)nc2cc1NC(=O)CC(C)C. The lowest BCUT2D eigenvalue weighted by Crippen LogP contribution is -2.14. The second-order valence-corrected chi connectivity index (χ2v) is 6.70. The van der Waals surface area contributed by atoms with Crippen molar-refractivity contribution in [3.8, 4) is 5.69 Å². The Morgan fingerprint density at radius 2 is 1.79 bits per heavy atom. The molecule has 2 aromatic carbocycles. The highest BCUT2D eigenvalue weighted by Gasteiger charge is 2.11. The minimum atomic E-state index is 0.0116. The Kier molecular flexibility index (Phi) is 4.53. The number of fused-ring (bicyclic) bond motifs is 1. The second kappa shape index (κ2) is 6.61. The summed E-state index contributed by atoms with van der Waals surface area (Å²) in [5.74, 6) is 0.331. The van der Waals surface area contributed by atoms with Gasteiger partial charge in [-0.1, -0.05) is 25.4 Å². The van der Waals surface area contributed by atoms with Crippen LogP contribution < -0.4 is 5.32 Å². The average molecular weight is 343 g/mol. The monoisotopic (exact) mass is 342 g/mol. The van der Waals surface area contributed by atoms with E-state index in [1.54, 1.807) is 16.9 Å². The minimum absolute atomic E-state index is 0.0116. The number of benzene rings is 2. The van der Waals surface area contributed by atoms with Crippen molar-refractivity contribution in [1.29, 1.82) is 0 Å². The molecule has 6 heteroatoms. The van der Waals surface area contributed by atoms with Crippen molar-refractivity contribution in [1.82, 2.24) is 15.0 Å². The number of hydrogen-bond donors (Lipinski definition) is 1. The Bertz CT molecular complexity index is 884. The third-order valence-electron chi connectivity index (χ3n) is 3.65. The lowest BCUT2D eigenvalue weighted by atomic mass is 10.1. The second-order valence-electron chi connectivity index (χ2n) is 6.27. The van der Waals surface area contributed by atoms with Crippen molar-refractivity contribution in [2.45, 2.75) is 27.2 Å². The molecule has 1 N–H and O–H groups in total. The van der Waals surface area contributed by atoms with E-state index in [1.165, 1.54) is 0 Å². The fourth-order valence-electron chi connectivity index (χ4n) is 2.46. The van der Waals surface area contributed by atoms with Crippen LogP contribution in [0.4, 0.5) is 5.69 Å². The van der Waals surface area contributed by atoms with Crippen LogP contribution in [0.25, 0.3) is 16.7 Å². The molecule has 124 valence electrons. The number of hydrogen-bond acceptors (Lipinski definition) is 3. The fraction of sp³-hybridized carbons (Fsp3) is 0.278. The number of anilines is 1. The van der Waals surface area contributed by atoms with Crippen LogP contribution in [0.15, 0.2) is 36.4 Å². The van der Waals surface area contributed by atoms with Crippen LogP contribution in [-0.2, 0) is 4.79 Å². The Morgan fingerprint density at radius 1 is 1.17 bits per heavy atom. The summed E-state index contributed by atoms with van der Waals surface area (Å²) in [7, 11) is 0. The summed E-state index contributed by atoms with van der Waals surface area (Å²) < 4.78 is 0. The molecule has 3 aromatic rings. The first-order valence-corrected chi connectivity index (χ1v) is 8.23. The molecule has 0 atom stereocenters. The standard InChI is InChI=1S/C18H19ClN4O/c1-11(2)8-18(24)20-15-10-17-16(9-12(15)3)21-23(22-17)14-6-4-13(19)5-7-14/h4-7,9-11H,8H2,1-3H3,(H,20,24). The number of carbonyl (C=O) groups excluding carboxylic acids is 1. The zero-order chi connectivity index (χ0) is 17.3. The molecule has 0 bridgehead atoms. The molecule has 0 aliphatic carbocycles. The Labute approximate surface area is 145 Å². The third-order valence-corrected chi connectivity index (χ3v) is 3.90. The molecule has 5 nitrogen and oxygen atoms in total. The van der Waals surface area contributed by atoms with Gasteiger partial charge in [-0.3, -0.25) is 4.79 Å². The summed E-state index contributed by atoms with van der Waals surface area (Å²) in [5, 5.41) is 12.6. The predicted molar refractivity (Wildman–Crippen MR) is 96.7 cm³/mol. The smallest absolute Gasteiger partial charge is 0.224 e. The first kappa shape index (κ1) is 16.5. The summed E-state index contributed by atoms with van der Waals surface area (Å²) in [6, 6.07) is 11.1. The molecule has 0 radical (unpaired) electrons. The van der Waals surface area contributed by atoms with E-state index in [1.807, 2.05) is 45.0 Å². The molecule has 3 rings (SSSR count). The number of halogens is 1. The van der Waals surface area contributed by atoms with Crippen molar-refractivity contribution < 1.29 is 4.79 Å². The predicted octanol–water partition coefficient (Wildman–Crippen LogP) is 4.37. The van der Waals surface area contributed by atoms with Crippen molar-refractivity contribution in [2.75, 3.05) is 5.32 Å². The minimum Gasteiger partial charge on any atom is -0.326 e. The van der Waals surface area contributed by atoms with E-state index in [0.717, 1.165) is 28.0 Å². The largest absolute Gasteiger partial charge is 0.326 e. The van der Waals surface area contributed by atoms with Gasteiger partial charge in [0.25, 0.3) is 0 Å². The zero-order valence-corrected chi connectivity index (χ0v) is 14.6. The van der Waals surface area contributed by atoms with E-state index in [9.17, 15) is 4.79 Å². The molecule has 1 amide bonds. The molecule has 1 heterocycles. The van der Waals surface area contributed by atoms with E-state index in [2.05, 4.69) is 15.5 Å². The van der Waals surface area contributed by atoms with Crippen LogP contribution in [0.3, 0.4) is 0 Å². The maximum Gasteiger partial charge on any atom is 0.224 e. The van der Waals surface area contributed by atoms with Crippen molar-refractivity contribution in [2.24, 2.45) is 5.92 Å². The van der Waals surface area contributed by atoms with Gasteiger partial charge in [0.1, 0.15) is 11.0 Å². The number of aromatic nitrogens is 3. The van der Waals surface area contributed by atoms with Crippen LogP contribution in [0.2, 0.25) is 5.02 Å². The summed E-state index contributed by atoms with van der Waals surface area (Å²) in [5.41, 5.74) is 4.08. The maximum atomic E-state index is 12.0. The van der Waals surface area contributed by atoms with Gasteiger partial charge >= 0.3 is 0 Å². The van der Waals surface area contributed by atoms with Gasteiger partial charge in [-0.2, -0.15) is 4.80 Å². The highest BCUT2D eigenvalue weighted by Crippen LogP contribution is 2.23. The van der Waals surface area contributed by atoms with Crippen molar-refractivity contribution in [3.63, 3.8) is 0 Å². The number of nitrogens with one attached hydrogen (secondary N) is 1. The van der Waals surface area contributed by atoms with Gasteiger partial charge in [-0.25, -0.2) is 0 Å². The molecule has 0 aliphatic heterocycles. The first-order valence-electron chi connectivity index (χ1n) is 7.86. The molecule has 0 aliphatic rings. The van der Waals surface area contributed by atoms with E-state index in [0.29, 0.717) is 17.4 Å². The number of nitrogens with zero attached hydrogens (tertiary/aromatic N) is 3. The third kappa shape index (κ3) is 3.57. The van der Waals surface area contributed by atoms with Gasteiger partial charge in [0.15, 0.2) is 0 Å². The van der Waals surface area contributed by atoms with Crippen LogP contribution in [0.1, 0.15) is 25.8 Å². The Morgan fingerprint density at radius 3 is 2.42 bits per heavy atom. The average Bonchev–Trinajstić information content (AvgIpc) is 2.90. The van der Waals surface area contributed by atoms with Crippen LogP contribution in [-0.4, -0.2) is 20.9 Å². The van der Waals surface area contributed by atoms with Gasteiger partial charge in [-0.15, -0.1) is 10.2 Å². The summed E-state index contributed by atoms with van der Waals surface area (Å²) in [4.78, 5) is 13.6. The quantitative estimate of drug-likeness (QED) is 0.766. The molecular formula is C18H19ClN4O. The van der Waals surface area contributed by atoms with Crippen LogP contribution in [0, 0.1) is 12.8 Å². The Balaban J connectivity index is 1.93. The topological polar surface area (TPSA) is 59.8 Å². The normalized spacial score (nSPS) is 11.2. The van der Waals surface area contributed by atoms with Gasteiger partial charge < -0.3 is 5.32 Å². The van der Waals surface area contributed by atoms with Crippen molar-refractivity contribution in [3.05, 3.63) is 47.0 Å². The lowest BCUT2D eigenvalue weighted by Gasteiger charge is -2.09. The fourth-order valence-corrected chi connectivity index (χ4v) is 2.59. The molecule has 0 saturated carbocycles. The highest BCUT2D eigenvalue weighted by molar-refractivity contribution is 6.30. The van der Waals surface area contributed by atoms with E-state index < -0.39 is 0 Å². The number of aryl methyl sites for hydroxylation is 1. The molecule has 24 heavy (non-hydrogen) atoms. The number of rotatable bonds is 4. The molecule has 0 fully saturated rings. The molecule has 1 aromatic heterocycles. The number of amides is 1.